The fourth-order valence-electron chi connectivity index (χ4n) is 1.93. The largest absolute Gasteiger partial charge is 0.494 e. The maximum atomic E-state index is 11.7. The standard InChI is InChI=1S/C19H20Cl2N2O3/c1-2-3-10-25-16-7-4-14(5-8-16)12-22-23-19(24)13-26-18-9-6-15(20)11-17(18)21/h4-9,11-12H,2-3,10,13H2,1H3,(H,23,24). The lowest BCUT2D eigenvalue weighted by Gasteiger charge is -2.07. The number of hydrogen-bond donors (Lipinski definition) is 1. The van der Waals surface area contributed by atoms with Gasteiger partial charge in [0.15, 0.2) is 6.61 Å². The molecule has 138 valence electrons. The maximum Gasteiger partial charge on any atom is 0.277 e. The molecule has 0 saturated heterocycles. The van der Waals surface area contributed by atoms with Crippen LogP contribution < -0.4 is 14.9 Å². The Morgan fingerprint density at radius 1 is 1.15 bits per heavy atom. The maximum absolute atomic E-state index is 11.7. The predicted molar refractivity (Wildman–Crippen MR) is 105 cm³/mol. The first kappa shape index (κ1) is 20.1. The first-order valence-corrected chi connectivity index (χ1v) is 8.96. The SMILES string of the molecule is CCCCOc1ccc(C=NNC(=O)COc2ccc(Cl)cc2Cl)cc1. The molecule has 0 unspecified atom stereocenters. The molecule has 26 heavy (non-hydrogen) atoms. The van der Waals surface area contributed by atoms with E-state index in [2.05, 4.69) is 17.5 Å². The number of ether oxygens (including phenoxy) is 2. The molecule has 0 atom stereocenters. The van der Waals surface area contributed by atoms with E-state index >= 15 is 0 Å². The Balaban J connectivity index is 1.75. The average Bonchev–Trinajstić information content (AvgIpc) is 2.62. The second-order valence-electron chi connectivity index (χ2n) is 5.43. The van der Waals surface area contributed by atoms with Gasteiger partial charge in [-0.15, -0.1) is 0 Å². The molecular formula is C19H20Cl2N2O3. The number of hydrazone groups is 1. The lowest BCUT2D eigenvalue weighted by molar-refractivity contribution is -0.123. The van der Waals surface area contributed by atoms with E-state index in [0.717, 1.165) is 24.2 Å². The van der Waals surface area contributed by atoms with E-state index in [1.165, 1.54) is 0 Å². The third kappa shape index (κ3) is 6.94. The lowest BCUT2D eigenvalue weighted by Crippen LogP contribution is -2.24. The van der Waals surface area contributed by atoms with E-state index in [-0.39, 0.29) is 6.61 Å². The normalized spacial score (nSPS) is 10.7. The summed E-state index contributed by atoms with van der Waals surface area (Å²) in [7, 11) is 0. The van der Waals surface area contributed by atoms with Crippen molar-refractivity contribution in [3.05, 3.63) is 58.1 Å². The van der Waals surface area contributed by atoms with E-state index < -0.39 is 5.91 Å². The smallest absolute Gasteiger partial charge is 0.277 e. The number of hydrogen-bond acceptors (Lipinski definition) is 4. The molecule has 0 fully saturated rings. The Morgan fingerprint density at radius 2 is 1.92 bits per heavy atom. The molecule has 5 nitrogen and oxygen atoms in total. The van der Waals surface area contributed by atoms with Gasteiger partial charge in [0.2, 0.25) is 0 Å². The van der Waals surface area contributed by atoms with E-state index in [0.29, 0.717) is 22.4 Å². The van der Waals surface area contributed by atoms with Crippen molar-refractivity contribution in [2.75, 3.05) is 13.2 Å². The van der Waals surface area contributed by atoms with Crippen LogP contribution in [0.5, 0.6) is 11.5 Å². The van der Waals surface area contributed by atoms with Crippen LogP contribution >= 0.6 is 23.2 Å². The van der Waals surface area contributed by atoms with Crippen molar-refractivity contribution in [1.29, 1.82) is 0 Å². The molecule has 0 saturated carbocycles. The van der Waals surface area contributed by atoms with Gasteiger partial charge in [-0.2, -0.15) is 5.10 Å². The zero-order valence-electron chi connectivity index (χ0n) is 14.4. The van der Waals surface area contributed by atoms with Crippen LogP contribution in [0.1, 0.15) is 25.3 Å². The topological polar surface area (TPSA) is 59.9 Å². The van der Waals surface area contributed by atoms with Gasteiger partial charge in [-0.25, -0.2) is 5.43 Å². The Kier molecular flexibility index (Phi) is 8.25. The van der Waals surface area contributed by atoms with Crippen molar-refractivity contribution in [1.82, 2.24) is 5.43 Å². The van der Waals surface area contributed by atoms with E-state index in [9.17, 15) is 4.79 Å². The van der Waals surface area contributed by atoms with Gasteiger partial charge in [0, 0.05) is 5.02 Å². The third-order valence-electron chi connectivity index (χ3n) is 3.30. The number of carbonyl (C=O) groups excluding carboxylic acids is 1. The zero-order valence-corrected chi connectivity index (χ0v) is 15.9. The van der Waals surface area contributed by atoms with Crippen LogP contribution in [-0.2, 0) is 4.79 Å². The molecule has 2 aromatic carbocycles. The van der Waals surface area contributed by atoms with Crippen molar-refractivity contribution in [3.8, 4) is 11.5 Å². The van der Waals surface area contributed by atoms with Crippen molar-refractivity contribution in [3.63, 3.8) is 0 Å². The highest BCUT2D eigenvalue weighted by Crippen LogP contribution is 2.27. The van der Waals surface area contributed by atoms with Crippen LogP contribution in [0.4, 0.5) is 0 Å². The first-order chi connectivity index (χ1) is 12.6. The molecule has 0 bridgehead atoms. The van der Waals surface area contributed by atoms with Crippen LogP contribution in [-0.4, -0.2) is 25.3 Å². The molecule has 0 heterocycles. The molecule has 0 spiro atoms. The van der Waals surface area contributed by atoms with Gasteiger partial charge < -0.3 is 9.47 Å². The van der Waals surface area contributed by atoms with E-state index in [1.807, 2.05) is 24.3 Å². The Morgan fingerprint density at radius 3 is 2.62 bits per heavy atom. The van der Waals surface area contributed by atoms with Gasteiger partial charge in [-0.1, -0.05) is 36.5 Å². The summed E-state index contributed by atoms with van der Waals surface area (Å²) in [5.41, 5.74) is 3.24. The summed E-state index contributed by atoms with van der Waals surface area (Å²) >= 11 is 11.8. The van der Waals surface area contributed by atoms with Gasteiger partial charge in [0.05, 0.1) is 17.8 Å². The minimum absolute atomic E-state index is 0.205. The number of benzene rings is 2. The minimum atomic E-state index is -0.396. The van der Waals surface area contributed by atoms with Gasteiger partial charge >= 0.3 is 0 Å². The summed E-state index contributed by atoms with van der Waals surface area (Å²) in [6.07, 6.45) is 3.67. The third-order valence-corrected chi connectivity index (χ3v) is 3.83. The Bertz CT molecular complexity index is 749. The van der Waals surface area contributed by atoms with Gasteiger partial charge in [-0.3, -0.25) is 4.79 Å². The molecule has 0 radical (unpaired) electrons. The number of nitrogens with one attached hydrogen (secondary N) is 1. The molecule has 1 N–H and O–H groups in total. The summed E-state index contributed by atoms with van der Waals surface area (Å²) < 4.78 is 10.9. The summed E-state index contributed by atoms with van der Waals surface area (Å²) in [4.78, 5) is 11.7. The summed E-state index contributed by atoms with van der Waals surface area (Å²) in [6, 6.07) is 12.2. The number of unbranched alkanes of at least 4 members (excludes halogenated alkanes) is 1. The monoisotopic (exact) mass is 394 g/mol. The van der Waals surface area contributed by atoms with Crippen molar-refractivity contribution in [2.24, 2.45) is 5.10 Å². The zero-order chi connectivity index (χ0) is 18.8. The molecule has 0 aliphatic rings. The number of nitrogens with zero attached hydrogens (tertiary/aromatic N) is 1. The molecule has 0 aliphatic carbocycles. The van der Waals surface area contributed by atoms with Crippen LogP contribution in [0.3, 0.4) is 0 Å². The Labute approximate surface area is 162 Å². The first-order valence-electron chi connectivity index (χ1n) is 8.21. The van der Waals surface area contributed by atoms with E-state index in [1.54, 1.807) is 24.4 Å². The van der Waals surface area contributed by atoms with Gasteiger partial charge in [-0.05, 0) is 54.4 Å². The molecule has 7 heteroatoms. The van der Waals surface area contributed by atoms with Crippen LogP contribution in [0.25, 0.3) is 0 Å². The molecule has 0 aromatic heterocycles. The fourth-order valence-corrected chi connectivity index (χ4v) is 2.39. The number of carbonyl (C=O) groups is 1. The van der Waals surface area contributed by atoms with Gasteiger partial charge in [0.25, 0.3) is 5.91 Å². The van der Waals surface area contributed by atoms with Crippen molar-refractivity contribution < 1.29 is 14.3 Å². The average molecular weight is 395 g/mol. The second kappa shape index (κ2) is 10.7. The fraction of sp³-hybridized carbons (Fsp3) is 0.263. The molecule has 0 aliphatic heterocycles. The second-order valence-corrected chi connectivity index (χ2v) is 6.27. The summed E-state index contributed by atoms with van der Waals surface area (Å²) in [5.74, 6) is 0.800. The highest BCUT2D eigenvalue weighted by Gasteiger charge is 2.05. The van der Waals surface area contributed by atoms with E-state index in [4.69, 9.17) is 32.7 Å². The molecular weight excluding hydrogens is 375 g/mol. The van der Waals surface area contributed by atoms with Crippen LogP contribution in [0.2, 0.25) is 10.0 Å². The highest BCUT2D eigenvalue weighted by atomic mass is 35.5. The van der Waals surface area contributed by atoms with Crippen molar-refractivity contribution >= 4 is 35.3 Å². The molecule has 1 amide bonds. The molecule has 2 aromatic rings. The lowest BCUT2D eigenvalue weighted by atomic mass is 10.2. The minimum Gasteiger partial charge on any atom is -0.494 e. The van der Waals surface area contributed by atoms with Crippen LogP contribution in [0, 0.1) is 0 Å². The Hall–Kier alpha value is -2.24. The molecule has 2 rings (SSSR count). The number of rotatable bonds is 9. The van der Waals surface area contributed by atoms with Gasteiger partial charge in [0.1, 0.15) is 11.5 Å². The summed E-state index contributed by atoms with van der Waals surface area (Å²) in [5, 5.41) is 4.74. The van der Waals surface area contributed by atoms with Crippen molar-refractivity contribution in [2.45, 2.75) is 19.8 Å². The predicted octanol–water partition coefficient (Wildman–Crippen LogP) is 4.70. The van der Waals surface area contributed by atoms with Crippen LogP contribution in [0.15, 0.2) is 47.6 Å². The highest BCUT2D eigenvalue weighted by molar-refractivity contribution is 6.35. The number of amides is 1. The quantitative estimate of drug-likeness (QED) is 0.380. The number of halogens is 2. The summed E-state index contributed by atoms with van der Waals surface area (Å²) in [6.45, 7) is 2.62.